The zero-order valence-electron chi connectivity index (χ0n) is 13.0. The quantitative estimate of drug-likeness (QED) is 0.833. The predicted molar refractivity (Wildman–Crippen MR) is 78.9 cm³/mol. The molecule has 19 heavy (non-hydrogen) atoms. The van der Waals surface area contributed by atoms with Crippen molar-refractivity contribution in [1.29, 1.82) is 0 Å². The van der Waals surface area contributed by atoms with Gasteiger partial charge in [-0.1, -0.05) is 20.8 Å². The summed E-state index contributed by atoms with van der Waals surface area (Å²) in [5, 5.41) is 3.44. The Kier molecular flexibility index (Phi) is 4.54. The Balaban J connectivity index is 2.16. The van der Waals surface area contributed by atoms with Crippen LogP contribution in [0.4, 0.5) is 0 Å². The van der Waals surface area contributed by atoms with Crippen LogP contribution in [0.1, 0.15) is 53.4 Å². The molecule has 4 unspecified atom stereocenters. The van der Waals surface area contributed by atoms with Crippen molar-refractivity contribution >= 4 is 5.91 Å². The van der Waals surface area contributed by atoms with Gasteiger partial charge in [-0.05, 0) is 51.0 Å². The highest BCUT2D eigenvalue weighted by Crippen LogP contribution is 2.36. The lowest BCUT2D eigenvalue weighted by Crippen LogP contribution is -2.57. The first-order chi connectivity index (χ1) is 9.00. The lowest BCUT2D eigenvalue weighted by molar-refractivity contribution is -0.149. The summed E-state index contributed by atoms with van der Waals surface area (Å²) in [5.74, 6) is 1.67. The molecule has 1 amide bonds. The highest BCUT2D eigenvalue weighted by molar-refractivity contribution is 5.83. The molecule has 0 aromatic carbocycles. The van der Waals surface area contributed by atoms with E-state index in [1.165, 1.54) is 6.42 Å². The molecule has 2 rings (SSSR count). The Morgan fingerprint density at radius 2 is 2.11 bits per heavy atom. The van der Waals surface area contributed by atoms with Crippen molar-refractivity contribution < 1.29 is 4.79 Å². The number of carbonyl (C=O) groups excluding carboxylic acids is 1. The second-order valence-corrected chi connectivity index (χ2v) is 6.93. The standard InChI is InChI=1S/C16H30N2O/c1-5-16(7-6-8-17-11-16)15(19)18-10-12(2)9-13(3)14(18)4/h12-14,17H,5-11H2,1-4H3. The molecule has 0 aromatic rings. The first-order valence-corrected chi connectivity index (χ1v) is 8.02. The average Bonchev–Trinajstić information content (AvgIpc) is 2.42. The fourth-order valence-electron chi connectivity index (χ4n) is 3.89. The normalized spacial score (nSPS) is 40.2. The molecule has 2 aliphatic rings. The summed E-state index contributed by atoms with van der Waals surface area (Å²) in [6, 6.07) is 0.397. The third-order valence-electron chi connectivity index (χ3n) is 5.46. The number of likely N-dealkylation sites (tertiary alicyclic amines) is 1. The summed E-state index contributed by atoms with van der Waals surface area (Å²) >= 11 is 0. The predicted octanol–water partition coefficient (Wildman–Crippen LogP) is 2.66. The molecule has 0 radical (unpaired) electrons. The highest BCUT2D eigenvalue weighted by atomic mass is 16.2. The largest absolute Gasteiger partial charge is 0.339 e. The number of piperidine rings is 2. The Hall–Kier alpha value is -0.570. The van der Waals surface area contributed by atoms with Crippen LogP contribution in [0.3, 0.4) is 0 Å². The van der Waals surface area contributed by atoms with Crippen LogP contribution in [0, 0.1) is 17.3 Å². The minimum absolute atomic E-state index is 0.136. The Morgan fingerprint density at radius 3 is 2.68 bits per heavy atom. The van der Waals surface area contributed by atoms with Crippen molar-refractivity contribution in [2.45, 2.75) is 59.4 Å². The molecule has 0 aromatic heterocycles. The second kappa shape index (κ2) is 5.82. The summed E-state index contributed by atoms with van der Waals surface area (Å²) in [4.78, 5) is 15.3. The lowest BCUT2D eigenvalue weighted by atomic mass is 9.75. The van der Waals surface area contributed by atoms with E-state index in [2.05, 4.69) is 37.9 Å². The monoisotopic (exact) mass is 266 g/mol. The van der Waals surface area contributed by atoms with E-state index in [9.17, 15) is 4.79 Å². The van der Waals surface area contributed by atoms with Crippen LogP contribution in [-0.4, -0.2) is 36.5 Å². The van der Waals surface area contributed by atoms with E-state index in [1.807, 2.05) is 0 Å². The van der Waals surface area contributed by atoms with E-state index in [4.69, 9.17) is 0 Å². The van der Waals surface area contributed by atoms with Gasteiger partial charge in [0.15, 0.2) is 0 Å². The Bertz CT molecular complexity index is 323. The molecular weight excluding hydrogens is 236 g/mol. The molecule has 2 saturated heterocycles. The van der Waals surface area contributed by atoms with Crippen LogP contribution in [0.25, 0.3) is 0 Å². The van der Waals surface area contributed by atoms with Crippen LogP contribution >= 0.6 is 0 Å². The van der Waals surface area contributed by atoms with Crippen LogP contribution in [0.2, 0.25) is 0 Å². The Labute approximate surface area is 118 Å². The fraction of sp³-hybridized carbons (Fsp3) is 0.938. The number of rotatable bonds is 2. The van der Waals surface area contributed by atoms with Crippen LogP contribution < -0.4 is 5.32 Å². The minimum atomic E-state index is -0.136. The van der Waals surface area contributed by atoms with Gasteiger partial charge in [0.1, 0.15) is 0 Å². The summed E-state index contributed by atoms with van der Waals surface area (Å²) in [7, 11) is 0. The van der Waals surface area contributed by atoms with Gasteiger partial charge in [-0.15, -0.1) is 0 Å². The van der Waals surface area contributed by atoms with Crippen molar-refractivity contribution in [3.8, 4) is 0 Å². The molecule has 4 atom stereocenters. The lowest BCUT2D eigenvalue weighted by Gasteiger charge is -2.47. The maximum absolute atomic E-state index is 13.1. The van der Waals surface area contributed by atoms with Gasteiger partial charge in [0.05, 0.1) is 5.41 Å². The van der Waals surface area contributed by atoms with E-state index in [0.717, 1.165) is 38.9 Å². The van der Waals surface area contributed by atoms with Gasteiger partial charge in [-0.3, -0.25) is 4.79 Å². The molecule has 2 aliphatic heterocycles. The van der Waals surface area contributed by atoms with E-state index in [-0.39, 0.29) is 5.41 Å². The molecular formula is C16H30N2O. The van der Waals surface area contributed by atoms with Crippen LogP contribution in [0.5, 0.6) is 0 Å². The molecule has 110 valence electrons. The third kappa shape index (κ3) is 2.81. The topological polar surface area (TPSA) is 32.3 Å². The smallest absolute Gasteiger partial charge is 0.230 e. The van der Waals surface area contributed by atoms with Crippen molar-refractivity contribution in [2.75, 3.05) is 19.6 Å². The van der Waals surface area contributed by atoms with Crippen molar-refractivity contribution in [1.82, 2.24) is 10.2 Å². The molecule has 3 heteroatoms. The molecule has 2 fully saturated rings. The second-order valence-electron chi connectivity index (χ2n) is 6.93. The van der Waals surface area contributed by atoms with Crippen molar-refractivity contribution in [2.24, 2.45) is 17.3 Å². The first-order valence-electron chi connectivity index (χ1n) is 8.02. The van der Waals surface area contributed by atoms with Gasteiger partial charge in [0.2, 0.25) is 5.91 Å². The van der Waals surface area contributed by atoms with Gasteiger partial charge in [0.25, 0.3) is 0 Å². The number of carbonyl (C=O) groups is 1. The molecule has 3 nitrogen and oxygen atoms in total. The number of nitrogens with one attached hydrogen (secondary N) is 1. The molecule has 1 N–H and O–H groups in total. The zero-order chi connectivity index (χ0) is 14.0. The van der Waals surface area contributed by atoms with Gasteiger partial charge in [-0.25, -0.2) is 0 Å². The summed E-state index contributed by atoms with van der Waals surface area (Å²) in [5.41, 5.74) is -0.136. The van der Waals surface area contributed by atoms with Gasteiger partial charge in [0, 0.05) is 19.1 Å². The first kappa shape index (κ1) is 14.8. The van der Waals surface area contributed by atoms with E-state index in [0.29, 0.717) is 23.8 Å². The van der Waals surface area contributed by atoms with Crippen LogP contribution in [0.15, 0.2) is 0 Å². The maximum atomic E-state index is 13.1. The van der Waals surface area contributed by atoms with Gasteiger partial charge < -0.3 is 10.2 Å². The number of hydrogen-bond acceptors (Lipinski definition) is 2. The molecule has 2 heterocycles. The zero-order valence-corrected chi connectivity index (χ0v) is 13.0. The summed E-state index contributed by atoms with van der Waals surface area (Å²) < 4.78 is 0. The summed E-state index contributed by atoms with van der Waals surface area (Å²) in [6.07, 6.45) is 4.40. The molecule has 0 aliphatic carbocycles. The average molecular weight is 266 g/mol. The third-order valence-corrected chi connectivity index (χ3v) is 5.46. The molecule has 0 bridgehead atoms. The number of hydrogen-bond donors (Lipinski definition) is 1. The maximum Gasteiger partial charge on any atom is 0.230 e. The number of nitrogens with zero attached hydrogens (tertiary/aromatic N) is 1. The molecule has 0 spiro atoms. The van der Waals surface area contributed by atoms with Crippen LogP contribution in [-0.2, 0) is 4.79 Å². The summed E-state index contributed by atoms with van der Waals surface area (Å²) in [6.45, 7) is 11.9. The van der Waals surface area contributed by atoms with Crippen molar-refractivity contribution in [3.05, 3.63) is 0 Å². The number of amides is 1. The minimum Gasteiger partial charge on any atom is -0.339 e. The van der Waals surface area contributed by atoms with E-state index < -0.39 is 0 Å². The Morgan fingerprint density at radius 1 is 1.37 bits per heavy atom. The van der Waals surface area contributed by atoms with Crippen molar-refractivity contribution in [3.63, 3.8) is 0 Å². The molecule has 0 saturated carbocycles. The van der Waals surface area contributed by atoms with Gasteiger partial charge >= 0.3 is 0 Å². The SMILES string of the molecule is CCC1(C(=O)N2CC(C)CC(C)C2C)CCCNC1. The van der Waals surface area contributed by atoms with Gasteiger partial charge in [-0.2, -0.15) is 0 Å². The highest BCUT2D eigenvalue weighted by Gasteiger charge is 2.44. The van der Waals surface area contributed by atoms with E-state index in [1.54, 1.807) is 0 Å². The fourth-order valence-corrected chi connectivity index (χ4v) is 3.89. The van der Waals surface area contributed by atoms with E-state index >= 15 is 0 Å².